The Labute approximate surface area is 108 Å². The number of amidine groups is 1. The van der Waals surface area contributed by atoms with E-state index < -0.39 is 0 Å². The Bertz CT molecular complexity index is 275. The third kappa shape index (κ3) is 6.32. The van der Waals surface area contributed by atoms with Gasteiger partial charge in [-0.2, -0.15) is 0 Å². The smallest absolute Gasteiger partial charge is 0.315 e. The molecule has 2 amide bonds. The number of hydrogen-bond donors (Lipinski definition) is 4. The third-order valence-electron chi connectivity index (χ3n) is 3.21. The fourth-order valence-corrected chi connectivity index (χ4v) is 2.17. The van der Waals surface area contributed by atoms with Gasteiger partial charge in [0.1, 0.15) is 5.84 Å². The van der Waals surface area contributed by atoms with E-state index in [4.69, 9.17) is 10.9 Å². The van der Waals surface area contributed by atoms with E-state index in [1.54, 1.807) is 0 Å². The molecule has 0 aromatic rings. The van der Waals surface area contributed by atoms with E-state index >= 15 is 0 Å². The Hall–Kier alpha value is -1.46. The molecule has 0 heterocycles. The highest BCUT2D eigenvalue weighted by atomic mass is 16.4. The van der Waals surface area contributed by atoms with Crippen LogP contribution in [0, 0.1) is 0 Å². The molecule has 0 aromatic heterocycles. The van der Waals surface area contributed by atoms with Gasteiger partial charge in [0.2, 0.25) is 0 Å². The monoisotopic (exact) mass is 256 g/mol. The van der Waals surface area contributed by atoms with Crippen LogP contribution in [0.2, 0.25) is 0 Å². The zero-order valence-corrected chi connectivity index (χ0v) is 10.8. The molecule has 0 unspecified atom stereocenters. The van der Waals surface area contributed by atoms with Crippen LogP contribution in [-0.4, -0.2) is 29.7 Å². The Morgan fingerprint density at radius 1 is 1.28 bits per heavy atom. The minimum Gasteiger partial charge on any atom is -0.409 e. The lowest BCUT2D eigenvalue weighted by atomic mass is 9.96. The minimum atomic E-state index is -0.0781. The summed E-state index contributed by atoms with van der Waals surface area (Å²) in [5, 5.41) is 17.1. The van der Waals surface area contributed by atoms with Crippen molar-refractivity contribution in [3.63, 3.8) is 0 Å². The van der Waals surface area contributed by atoms with Crippen LogP contribution in [0.25, 0.3) is 0 Å². The maximum atomic E-state index is 11.6. The van der Waals surface area contributed by atoms with E-state index in [-0.39, 0.29) is 11.9 Å². The molecule has 0 aliphatic heterocycles. The highest BCUT2D eigenvalue weighted by Gasteiger charge is 2.14. The van der Waals surface area contributed by atoms with Crippen LogP contribution in [0.3, 0.4) is 0 Å². The molecule has 1 rings (SSSR count). The standard InChI is InChI=1S/C12H24N4O2/c13-11(16-18)8-4-5-9-14-12(17)15-10-6-2-1-3-7-10/h10,18H,1-9H2,(H2,13,16)(H2,14,15,17). The summed E-state index contributed by atoms with van der Waals surface area (Å²) in [7, 11) is 0. The van der Waals surface area contributed by atoms with Crippen LogP contribution in [0.5, 0.6) is 0 Å². The molecular weight excluding hydrogens is 232 g/mol. The molecule has 5 N–H and O–H groups in total. The molecule has 18 heavy (non-hydrogen) atoms. The van der Waals surface area contributed by atoms with Crippen molar-refractivity contribution in [2.45, 2.75) is 57.4 Å². The van der Waals surface area contributed by atoms with Gasteiger partial charge in [0.25, 0.3) is 0 Å². The van der Waals surface area contributed by atoms with Crippen LogP contribution in [-0.2, 0) is 0 Å². The summed E-state index contributed by atoms with van der Waals surface area (Å²) in [5.41, 5.74) is 5.34. The number of carbonyl (C=O) groups excluding carboxylic acids is 1. The number of hydrogen-bond acceptors (Lipinski definition) is 3. The van der Waals surface area contributed by atoms with Crippen molar-refractivity contribution in [2.75, 3.05) is 6.54 Å². The zero-order chi connectivity index (χ0) is 13.2. The van der Waals surface area contributed by atoms with Gasteiger partial charge in [-0.05, 0) is 25.7 Å². The van der Waals surface area contributed by atoms with Gasteiger partial charge in [-0.3, -0.25) is 0 Å². The van der Waals surface area contributed by atoms with Crippen molar-refractivity contribution < 1.29 is 10.0 Å². The van der Waals surface area contributed by atoms with Crippen LogP contribution < -0.4 is 16.4 Å². The average molecular weight is 256 g/mol. The van der Waals surface area contributed by atoms with Gasteiger partial charge < -0.3 is 21.6 Å². The molecule has 0 bridgehead atoms. The quantitative estimate of drug-likeness (QED) is 0.191. The molecule has 1 fully saturated rings. The first-order valence-corrected chi connectivity index (χ1v) is 6.73. The summed E-state index contributed by atoms with van der Waals surface area (Å²) in [6.45, 7) is 0.622. The van der Waals surface area contributed by atoms with Crippen molar-refractivity contribution in [3.05, 3.63) is 0 Å². The zero-order valence-electron chi connectivity index (χ0n) is 10.8. The highest BCUT2D eigenvalue weighted by molar-refractivity contribution is 5.79. The summed E-state index contributed by atoms with van der Waals surface area (Å²) in [5.74, 6) is 0.238. The first-order valence-electron chi connectivity index (χ1n) is 6.73. The molecule has 0 atom stereocenters. The third-order valence-corrected chi connectivity index (χ3v) is 3.21. The van der Waals surface area contributed by atoms with Crippen molar-refractivity contribution in [1.82, 2.24) is 10.6 Å². The maximum absolute atomic E-state index is 11.6. The first kappa shape index (κ1) is 14.6. The number of amides is 2. The number of nitrogens with two attached hydrogens (primary N) is 1. The summed E-state index contributed by atoms with van der Waals surface area (Å²) >= 11 is 0. The Kier molecular flexibility index (Phi) is 6.98. The number of carbonyl (C=O) groups is 1. The lowest BCUT2D eigenvalue weighted by Gasteiger charge is -2.22. The Balaban J connectivity index is 1.99. The second-order valence-corrected chi connectivity index (χ2v) is 4.78. The number of rotatable bonds is 6. The van der Waals surface area contributed by atoms with Gasteiger partial charge in [0, 0.05) is 19.0 Å². The van der Waals surface area contributed by atoms with E-state index in [2.05, 4.69) is 15.8 Å². The van der Waals surface area contributed by atoms with Crippen LogP contribution in [0.4, 0.5) is 4.79 Å². The Morgan fingerprint density at radius 2 is 2.00 bits per heavy atom. The predicted octanol–water partition coefficient (Wildman–Crippen LogP) is 1.53. The van der Waals surface area contributed by atoms with E-state index in [1.165, 1.54) is 19.3 Å². The second-order valence-electron chi connectivity index (χ2n) is 4.78. The molecule has 0 aromatic carbocycles. The van der Waals surface area contributed by atoms with Crippen molar-refractivity contribution in [3.8, 4) is 0 Å². The predicted molar refractivity (Wildman–Crippen MR) is 70.7 cm³/mol. The molecular formula is C12H24N4O2. The SMILES string of the molecule is NC(CCCCNC(=O)NC1CCCCC1)=NO. The molecule has 1 aliphatic carbocycles. The van der Waals surface area contributed by atoms with Crippen molar-refractivity contribution >= 4 is 11.9 Å². The normalized spacial score (nSPS) is 17.4. The fourth-order valence-electron chi connectivity index (χ4n) is 2.17. The van der Waals surface area contributed by atoms with E-state index in [0.29, 0.717) is 19.0 Å². The summed E-state index contributed by atoms with van der Waals surface area (Å²) in [4.78, 5) is 11.6. The van der Waals surface area contributed by atoms with Gasteiger partial charge in [0.15, 0.2) is 0 Å². The number of urea groups is 1. The van der Waals surface area contributed by atoms with Crippen molar-refractivity contribution in [1.29, 1.82) is 0 Å². The number of unbranched alkanes of at least 4 members (excludes halogenated alkanes) is 1. The summed E-state index contributed by atoms with van der Waals surface area (Å²) < 4.78 is 0. The van der Waals surface area contributed by atoms with E-state index in [9.17, 15) is 4.79 Å². The Morgan fingerprint density at radius 3 is 2.67 bits per heavy atom. The number of nitrogens with one attached hydrogen (secondary N) is 2. The average Bonchev–Trinajstić information content (AvgIpc) is 2.39. The lowest BCUT2D eigenvalue weighted by molar-refractivity contribution is 0.232. The van der Waals surface area contributed by atoms with Crippen LogP contribution in [0.1, 0.15) is 51.4 Å². The molecule has 104 valence electrons. The molecule has 6 nitrogen and oxygen atoms in total. The van der Waals surface area contributed by atoms with E-state index in [0.717, 1.165) is 25.7 Å². The summed E-state index contributed by atoms with van der Waals surface area (Å²) in [6.07, 6.45) is 8.09. The molecule has 1 saturated carbocycles. The summed E-state index contributed by atoms with van der Waals surface area (Å²) in [6, 6.07) is 0.265. The van der Waals surface area contributed by atoms with Crippen molar-refractivity contribution in [2.24, 2.45) is 10.9 Å². The first-order chi connectivity index (χ1) is 8.72. The van der Waals surface area contributed by atoms with Gasteiger partial charge in [0.05, 0.1) is 0 Å². The van der Waals surface area contributed by atoms with Crippen LogP contribution in [0.15, 0.2) is 5.16 Å². The molecule has 0 saturated heterocycles. The molecule has 6 heteroatoms. The molecule has 0 radical (unpaired) electrons. The van der Waals surface area contributed by atoms with Gasteiger partial charge in [-0.1, -0.05) is 24.4 Å². The topological polar surface area (TPSA) is 99.7 Å². The lowest BCUT2D eigenvalue weighted by Crippen LogP contribution is -2.43. The largest absolute Gasteiger partial charge is 0.409 e. The maximum Gasteiger partial charge on any atom is 0.315 e. The number of oxime groups is 1. The number of nitrogens with zero attached hydrogens (tertiary/aromatic N) is 1. The molecule has 0 spiro atoms. The van der Waals surface area contributed by atoms with Gasteiger partial charge in [-0.15, -0.1) is 0 Å². The molecule has 1 aliphatic rings. The van der Waals surface area contributed by atoms with Gasteiger partial charge in [-0.25, -0.2) is 4.79 Å². The highest BCUT2D eigenvalue weighted by Crippen LogP contribution is 2.17. The van der Waals surface area contributed by atoms with E-state index in [1.807, 2.05) is 0 Å². The fraction of sp³-hybridized carbons (Fsp3) is 0.833. The minimum absolute atomic E-state index is 0.0781. The van der Waals surface area contributed by atoms with Gasteiger partial charge >= 0.3 is 6.03 Å². The second kappa shape index (κ2) is 8.60. The van der Waals surface area contributed by atoms with Crippen LogP contribution >= 0.6 is 0 Å².